The Hall–Kier alpha value is -2.95. The molecule has 0 unspecified atom stereocenters. The van der Waals surface area contributed by atoms with Crippen LogP contribution in [0.2, 0.25) is 0 Å². The number of hydrogen-bond acceptors (Lipinski definition) is 5. The molecule has 0 spiro atoms. The van der Waals surface area contributed by atoms with E-state index in [1.165, 1.54) is 11.6 Å². The van der Waals surface area contributed by atoms with Gasteiger partial charge in [0.05, 0.1) is 0 Å². The lowest BCUT2D eigenvalue weighted by atomic mass is 9.68. The Morgan fingerprint density at radius 2 is 1.46 bits per heavy atom. The van der Waals surface area contributed by atoms with E-state index >= 15 is 0 Å². The molecule has 0 aromatic heterocycles. The maximum Gasteiger partial charge on any atom is 0.223 e. The van der Waals surface area contributed by atoms with Gasteiger partial charge in [-0.3, -0.25) is 4.79 Å². The van der Waals surface area contributed by atoms with Crippen LogP contribution in [0.25, 0.3) is 0 Å². The van der Waals surface area contributed by atoms with E-state index in [4.69, 9.17) is 9.47 Å². The number of phenols is 1. The van der Waals surface area contributed by atoms with Crippen molar-refractivity contribution in [3.8, 4) is 23.0 Å². The molecular weight excluding hydrogens is 464 g/mol. The first-order valence-corrected chi connectivity index (χ1v) is 13.5. The summed E-state index contributed by atoms with van der Waals surface area (Å²) in [6.45, 7) is 12.9. The fourth-order valence-corrected chi connectivity index (χ4v) is 6.84. The van der Waals surface area contributed by atoms with E-state index in [0.29, 0.717) is 11.7 Å². The van der Waals surface area contributed by atoms with Gasteiger partial charge in [-0.15, -0.1) is 0 Å². The monoisotopic (exact) mass is 504 g/mol. The number of ether oxygens (including phenoxy) is 2. The molecule has 0 radical (unpaired) electrons. The van der Waals surface area contributed by atoms with E-state index in [1.807, 2.05) is 13.0 Å². The molecule has 0 fully saturated rings. The predicted octanol–water partition coefficient (Wildman–Crippen LogP) is 6.55. The molecule has 3 aliphatic rings. The molecule has 2 heterocycles. The second-order valence-corrected chi connectivity index (χ2v) is 12.8. The number of phenolic OH excluding ortho intramolecular Hbond substituents is 1. The second-order valence-electron chi connectivity index (χ2n) is 12.8. The van der Waals surface area contributed by atoms with Gasteiger partial charge in [0.2, 0.25) is 5.43 Å². The smallest absolute Gasteiger partial charge is 0.223 e. The Labute approximate surface area is 220 Å². The van der Waals surface area contributed by atoms with Gasteiger partial charge in [-0.05, 0) is 99.6 Å². The molecule has 0 saturated carbocycles. The maximum atomic E-state index is 12.4. The highest BCUT2D eigenvalue weighted by Gasteiger charge is 2.47. The minimum atomic E-state index is -0.486. The van der Waals surface area contributed by atoms with Gasteiger partial charge < -0.3 is 19.7 Å². The van der Waals surface area contributed by atoms with Crippen LogP contribution in [0, 0.1) is 31.1 Å². The van der Waals surface area contributed by atoms with Crippen molar-refractivity contribution in [3.05, 3.63) is 68.9 Å². The van der Waals surface area contributed by atoms with Crippen LogP contribution in [0.1, 0.15) is 75.6 Å². The summed E-state index contributed by atoms with van der Waals surface area (Å²) >= 11 is 0. The number of aryl methyl sites for hydroxylation is 2. The molecule has 5 rings (SSSR count). The molecule has 5 heteroatoms. The Morgan fingerprint density at radius 3 is 2.19 bits per heavy atom. The van der Waals surface area contributed by atoms with Crippen molar-refractivity contribution in [1.82, 2.24) is 0 Å². The molecule has 2 aliphatic heterocycles. The average molecular weight is 505 g/mol. The standard InChI is InChI=1S/C32H40O5/c1-19-12-23(33)16-28-25(19)15-22-18-30(3,4)9-7-10-31(5)21(8-11-32(22,6)36-28)14-24-20(2)13-26(34)27(35)17-29(24)37-31/h7,9,12-13,16-17,21-22,33H,8,10-11,14-15,18H2,1-6H3,(H,34,35)/b9-7-/t21-,22+,31+,32-/m0/s1. The second kappa shape index (κ2) is 8.82. The van der Waals surface area contributed by atoms with Gasteiger partial charge in [-0.25, -0.2) is 0 Å². The third-order valence-electron chi connectivity index (χ3n) is 9.23. The number of hydrogen-bond donors (Lipinski definition) is 2. The van der Waals surface area contributed by atoms with Gasteiger partial charge in [0, 0.05) is 30.4 Å². The van der Waals surface area contributed by atoms with Crippen molar-refractivity contribution in [2.24, 2.45) is 17.3 Å². The Balaban J connectivity index is 1.57. The molecule has 37 heavy (non-hydrogen) atoms. The summed E-state index contributed by atoms with van der Waals surface area (Å²) in [4.78, 5) is 12.4. The topological polar surface area (TPSA) is 76.0 Å². The number of fused-ring (bicyclic) bond motifs is 4. The lowest BCUT2D eigenvalue weighted by Crippen LogP contribution is -2.49. The molecule has 2 N–H and O–H groups in total. The van der Waals surface area contributed by atoms with Crippen LogP contribution < -0.4 is 14.9 Å². The largest absolute Gasteiger partial charge is 0.508 e. The van der Waals surface area contributed by atoms with Crippen LogP contribution >= 0.6 is 0 Å². The lowest BCUT2D eigenvalue weighted by Gasteiger charge is -2.47. The molecule has 198 valence electrons. The highest BCUT2D eigenvalue weighted by Crippen LogP contribution is 2.50. The van der Waals surface area contributed by atoms with E-state index in [2.05, 4.69) is 46.8 Å². The van der Waals surface area contributed by atoms with Gasteiger partial charge in [0.25, 0.3) is 0 Å². The molecule has 0 saturated heterocycles. The summed E-state index contributed by atoms with van der Waals surface area (Å²) in [5.41, 5.74) is 2.83. The minimum Gasteiger partial charge on any atom is -0.508 e. The van der Waals surface area contributed by atoms with Gasteiger partial charge >= 0.3 is 0 Å². The molecule has 0 bridgehead atoms. The van der Waals surface area contributed by atoms with Crippen molar-refractivity contribution in [3.63, 3.8) is 0 Å². The van der Waals surface area contributed by atoms with E-state index in [0.717, 1.165) is 61.0 Å². The summed E-state index contributed by atoms with van der Waals surface area (Å²) in [5.74, 6) is 1.91. The Morgan fingerprint density at radius 1 is 0.838 bits per heavy atom. The zero-order valence-corrected chi connectivity index (χ0v) is 23.0. The van der Waals surface area contributed by atoms with E-state index in [1.54, 1.807) is 12.1 Å². The summed E-state index contributed by atoms with van der Waals surface area (Å²) in [5, 5.41) is 20.4. The van der Waals surface area contributed by atoms with Crippen molar-refractivity contribution < 1.29 is 19.7 Å². The van der Waals surface area contributed by atoms with E-state index < -0.39 is 11.0 Å². The summed E-state index contributed by atoms with van der Waals surface area (Å²) in [6, 6.07) is 6.61. The van der Waals surface area contributed by atoms with E-state index in [9.17, 15) is 15.0 Å². The lowest BCUT2D eigenvalue weighted by molar-refractivity contribution is -0.0359. The number of aromatic hydroxyl groups is 2. The van der Waals surface area contributed by atoms with E-state index in [-0.39, 0.29) is 28.4 Å². The summed E-state index contributed by atoms with van der Waals surface area (Å²) < 4.78 is 13.5. The van der Waals surface area contributed by atoms with Crippen LogP contribution in [0.4, 0.5) is 0 Å². The molecule has 1 aliphatic carbocycles. The third-order valence-corrected chi connectivity index (χ3v) is 9.23. The average Bonchev–Trinajstić information content (AvgIpc) is 2.88. The highest BCUT2D eigenvalue weighted by molar-refractivity contribution is 5.48. The zero-order chi connectivity index (χ0) is 26.8. The molecule has 5 nitrogen and oxygen atoms in total. The first-order chi connectivity index (χ1) is 17.3. The van der Waals surface area contributed by atoms with Crippen LogP contribution in [0.3, 0.4) is 0 Å². The van der Waals surface area contributed by atoms with Crippen LogP contribution in [0.5, 0.6) is 23.0 Å². The molecule has 2 aromatic rings. The highest BCUT2D eigenvalue weighted by atomic mass is 16.5. The van der Waals surface area contributed by atoms with Crippen molar-refractivity contribution in [2.45, 2.75) is 91.3 Å². The van der Waals surface area contributed by atoms with Crippen LogP contribution in [-0.2, 0) is 12.8 Å². The molecule has 0 amide bonds. The molecular formula is C32H40O5. The van der Waals surface area contributed by atoms with Crippen molar-refractivity contribution >= 4 is 0 Å². The summed E-state index contributed by atoms with van der Waals surface area (Å²) in [6.07, 6.45) is 9.78. The third kappa shape index (κ3) is 4.73. The van der Waals surface area contributed by atoms with Crippen LogP contribution in [-0.4, -0.2) is 21.4 Å². The minimum absolute atomic E-state index is 0.0304. The zero-order valence-electron chi connectivity index (χ0n) is 23.0. The summed E-state index contributed by atoms with van der Waals surface area (Å²) in [7, 11) is 0. The van der Waals surface area contributed by atoms with Crippen molar-refractivity contribution in [2.75, 3.05) is 0 Å². The predicted molar refractivity (Wildman–Crippen MR) is 146 cm³/mol. The Kier molecular flexibility index (Phi) is 6.12. The Bertz CT molecular complexity index is 1330. The van der Waals surface area contributed by atoms with Gasteiger partial charge in [0.15, 0.2) is 5.75 Å². The van der Waals surface area contributed by atoms with Gasteiger partial charge in [-0.2, -0.15) is 0 Å². The van der Waals surface area contributed by atoms with Gasteiger partial charge in [0.1, 0.15) is 28.5 Å². The SMILES string of the molecule is Cc1cc(O)c(=O)cc2c1C[C@@H]1CC[C@]3(C)Oc4cc(O)cc(C)c4C[C@@H]3CC(C)(C)/C=C\C[C@@]1(C)O2. The molecule has 4 atom stereocenters. The fourth-order valence-electron chi connectivity index (χ4n) is 6.84. The first kappa shape index (κ1) is 25.7. The molecule has 2 aromatic carbocycles. The normalized spacial score (nSPS) is 31.2. The number of rotatable bonds is 0. The van der Waals surface area contributed by atoms with Gasteiger partial charge in [-0.1, -0.05) is 26.0 Å². The first-order valence-electron chi connectivity index (χ1n) is 13.5. The van der Waals surface area contributed by atoms with Crippen LogP contribution in [0.15, 0.2) is 41.2 Å². The number of benzene rings is 1. The van der Waals surface area contributed by atoms with Crippen molar-refractivity contribution in [1.29, 1.82) is 0 Å². The maximum absolute atomic E-state index is 12.4. The number of allylic oxidation sites excluding steroid dienone is 1. The fraction of sp³-hybridized carbons (Fsp3) is 0.531. The quantitative estimate of drug-likeness (QED) is 0.398.